The first-order valence-electron chi connectivity index (χ1n) is 3.30. The number of hydrogen-bond acceptors (Lipinski definition) is 0. The molecule has 0 rings (SSSR count). The van der Waals surface area contributed by atoms with Gasteiger partial charge in [-0.2, -0.15) is 0 Å². The first kappa shape index (κ1) is 9.80. The van der Waals surface area contributed by atoms with Gasteiger partial charge in [0.1, 0.15) is 0 Å². The molecule has 0 nitrogen and oxygen atoms in total. The van der Waals surface area contributed by atoms with E-state index in [0.29, 0.717) is 0 Å². The lowest BCUT2D eigenvalue weighted by molar-refractivity contribution is 1.04. The van der Waals surface area contributed by atoms with Crippen LogP contribution in [0.4, 0.5) is 0 Å². The van der Waals surface area contributed by atoms with Gasteiger partial charge < -0.3 is 0 Å². The molecule has 0 fully saturated rings. The first-order chi connectivity index (χ1) is 4.18. The molecule has 56 valence electrons. The third-order valence-electron chi connectivity index (χ3n) is 1.50. The summed E-state index contributed by atoms with van der Waals surface area (Å²) < 4.78 is 0. The summed E-state index contributed by atoms with van der Waals surface area (Å²) in [4.78, 5) is 0. The molecule has 3 heteroatoms. The minimum absolute atomic E-state index is 0.810. The highest BCUT2D eigenvalue weighted by Crippen LogP contribution is 2.15. The van der Waals surface area contributed by atoms with E-state index in [1.807, 2.05) is 0 Å². The van der Waals surface area contributed by atoms with Crippen molar-refractivity contribution in [3.8, 4) is 0 Å². The molecule has 0 atom stereocenters. The maximum Gasteiger partial charge on any atom is 0.0830 e. The number of hydrogen-bond donors (Lipinski definition) is 0. The Labute approximate surface area is 68.6 Å². The van der Waals surface area contributed by atoms with Crippen LogP contribution in [0.5, 0.6) is 0 Å². The van der Waals surface area contributed by atoms with E-state index in [2.05, 4.69) is 13.5 Å². The van der Waals surface area contributed by atoms with Crippen LogP contribution in [0.15, 0.2) is 0 Å². The third kappa shape index (κ3) is 3.49. The molecule has 0 amide bonds. The zero-order chi connectivity index (χ0) is 7.33. The fourth-order valence-electron chi connectivity index (χ4n) is 0.773. The van der Waals surface area contributed by atoms with E-state index >= 15 is 0 Å². The molecule has 0 spiro atoms. The van der Waals surface area contributed by atoms with Crippen LogP contribution >= 0.6 is 23.2 Å². The smallest absolute Gasteiger partial charge is 0.0830 e. The first-order valence-corrected chi connectivity index (χ1v) is 7.49. The number of rotatable bonds is 4. The largest absolute Gasteiger partial charge is 0.130 e. The van der Waals surface area contributed by atoms with Gasteiger partial charge in [-0.25, -0.2) is 0 Å². The number of halogens is 2. The lowest BCUT2D eigenvalue weighted by Crippen LogP contribution is -2.35. The highest BCUT2D eigenvalue weighted by Gasteiger charge is 2.23. The van der Waals surface area contributed by atoms with E-state index in [4.69, 9.17) is 23.2 Å². The van der Waals surface area contributed by atoms with Crippen LogP contribution in [0.25, 0.3) is 0 Å². The maximum atomic E-state index is 5.76. The van der Waals surface area contributed by atoms with Crippen LogP contribution in [-0.4, -0.2) is 19.1 Å². The predicted molar refractivity (Wildman–Crippen MR) is 48.2 cm³/mol. The molecule has 0 N–H and O–H groups in total. The van der Waals surface area contributed by atoms with E-state index in [-0.39, 0.29) is 0 Å². The molecule has 0 aliphatic heterocycles. The molecule has 9 heavy (non-hydrogen) atoms. The van der Waals surface area contributed by atoms with E-state index in [1.165, 1.54) is 12.5 Å². The monoisotopic (exact) mass is 184 g/mol. The Kier molecular flexibility index (Phi) is 4.99. The molecule has 0 unspecified atom stereocenters. The van der Waals surface area contributed by atoms with Crippen molar-refractivity contribution in [2.24, 2.45) is 0 Å². The second kappa shape index (κ2) is 4.59. The molecule has 0 bridgehead atoms. The molecule has 0 aromatic heterocycles. The van der Waals surface area contributed by atoms with Gasteiger partial charge in [-0.05, 0) is 0 Å². The fourth-order valence-corrected chi connectivity index (χ4v) is 3.98. The minimum Gasteiger partial charge on any atom is -0.130 e. The van der Waals surface area contributed by atoms with Crippen molar-refractivity contribution in [2.45, 2.75) is 25.9 Å². The molecule has 0 saturated carbocycles. The highest BCUT2D eigenvalue weighted by atomic mass is 35.5. The van der Waals surface area contributed by atoms with Crippen molar-refractivity contribution in [1.29, 1.82) is 0 Å². The third-order valence-corrected chi connectivity index (χ3v) is 8.37. The quantitative estimate of drug-likeness (QED) is 0.466. The van der Waals surface area contributed by atoms with E-state index < -0.39 is 8.07 Å². The molecule has 0 aliphatic rings. The summed E-state index contributed by atoms with van der Waals surface area (Å²) in [5.74, 6) is 0. The molecule has 0 aromatic carbocycles. The Bertz CT molecular complexity index is 71.5. The number of alkyl halides is 2. The lowest BCUT2D eigenvalue weighted by Gasteiger charge is -2.19. The summed E-state index contributed by atoms with van der Waals surface area (Å²) in [6.07, 6.45) is 1.22. The van der Waals surface area contributed by atoms with Gasteiger partial charge in [0.25, 0.3) is 0 Å². The second-order valence-corrected chi connectivity index (χ2v) is 9.09. The zero-order valence-corrected chi connectivity index (χ0v) is 8.60. The van der Waals surface area contributed by atoms with E-state index in [1.54, 1.807) is 0 Å². The lowest BCUT2D eigenvalue weighted by atomic mass is 10.6. The van der Waals surface area contributed by atoms with Gasteiger partial charge in [0.15, 0.2) is 0 Å². The molecular formula is C6H14Cl2Si. The Morgan fingerprint density at radius 3 is 1.78 bits per heavy atom. The fraction of sp³-hybridized carbons (Fsp3) is 1.00. The maximum absolute atomic E-state index is 5.76. The van der Waals surface area contributed by atoms with Gasteiger partial charge in [0.05, 0.1) is 8.07 Å². The van der Waals surface area contributed by atoms with Gasteiger partial charge in [-0.3, -0.25) is 0 Å². The van der Waals surface area contributed by atoms with Crippen molar-refractivity contribution in [3.05, 3.63) is 0 Å². The van der Waals surface area contributed by atoms with E-state index in [9.17, 15) is 0 Å². The highest BCUT2D eigenvalue weighted by molar-refractivity contribution is 6.88. The SMILES string of the molecule is CCC[Si](C)(CCl)CCl. The molecule has 0 heterocycles. The normalized spacial score (nSPS) is 12.0. The molecule has 0 aliphatic carbocycles. The molecular weight excluding hydrogens is 171 g/mol. The van der Waals surface area contributed by atoms with Crippen molar-refractivity contribution in [3.63, 3.8) is 0 Å². The zero-order valence-electron chi connectivity index (χ0n) is 6.08. The van der Waals surface area contributed by atoms with Crippen molar-refractivity contribution >= 4 is 31.3 Å². The predicted octanol–water partition coefficient (Wildman–Crippen LogP) is 3.03. The topological polar surface area (TPSA) is 0 Å². The van der Waals surface area contributed by atoms with Crippen LogP contribution in [0, 0.1) is 0 Å². The summed E-state index contributed by atoms with van der Waals surface area (Å²) in [7, 11) is -1.17. The Balaban J connectivity index is 3.62. The molecule has 0 radical (unpaired) electrons. The summed E-state index contributed by atoms with van der Waals surface area (Å²) >= 11 is 11.5. The van der Waals surface area contributed by atoms with Gasteiger partial charge in [0, 0.05) is 11.0 Å². The van der Waals surface area contributed by atoms with Crippen LogP contribution in [-0.2, 0) is 0 Å². The van der Waals surface area contributed by atoms with E-state index in [0.717, 1.165) is 11.0 Å². The summed E-state index contributed by atoms with van der Waals surface area (Å²) in [6, 6.07) is 1.26. The minimum atomic E-state index is -1.17. The Morgan fingerprint density at radius 1 is 1.22 bits per heavy atom. The van der Waals surface area contributed by atoms with Crippen LogP contribution in [0.2, 0.25) is 12.6 Å². The Hall–Kier alpha value is 0.797. The van der Waals surface area contributed by atoms with Gasteiger partial charge in [0.2, 0.25) is 0 Å². The molecule has 0 saturated heterocycles. The van der Waals surface area contributed by atoms with Gasteiger partial charge in [-0.1, -0.05) is 25.9 Å². The summed E-state index contributed by atoms with van der Waals surface area (Å²) in [5, 5.41) is 0. The van der Waals surface area contributed by atoms with Crippen molar-refractivity contribution in [2.75, 3.05) is 11.0 Å². The standard InChI is InChI=1S/C6H14Cl2Si/c1-3-4-9(2,5-7)6-8/h3-6H2,1-2H3. The summed E-state index contributed by atoms with van der Waals surface area (Å²) in [6.45, 7) is 4.45. The van der Waals surface area contributed by atoms with Crippen LogP contribution in [0.3, 0.4) is 0 Å². The summed E-state index contributed by atoms with van der Waals surface area (Å²) in [5.41, 5.74) is 1.62. The molecule has 0 aromatic rings. The second-order valence-electron chi connectivity index (χ2n) is 2.83. The van der Waals surface area contributed by atoms with Crippen molar-refractivity contribution in [1.82, 2.24) is 0 Å². The van der Waals surface area contributed by atoms with Crippen molar-refractivity contribution < 1.29 is 0 Å². The van der Waals surface area contributed by atoms with Gasteiger partial charge in [-0.15, -0.1) is 23.2 Å². The average Bonchev–Trinajstić information content (AvgIpc) is 1.89. The van der Waals surface area contributed by atoms with Crippen LogP contribution < -0.4 is 0 Å². The van der Waals surface area contributed by atoms with Gasteiger partial charge >= 0.3 is 0 Å². The van der Waals surface area contributed by atoms with Crippen LogP contribution in [0.1, 0.15) is 13.3 Å². The Morgan fingerprint density at radius 2 is 1.67 bits per heavy atom. The average molecular weight is 185 g/mol.